The zero-order chi connectivity index (χ0) is 10.9. The Labute approximate surface area is 81.0 Å². The summed E-state index contributed by atoms with van der Waals surface area (Å²) in [7, 11) is -2.41. The number of rotatable bonds is 2. The number of carbonyl (C=O) groups excluding carboxylic acids is 2. The highest BCUT2D eigenvalue weighted by Gasteiger charge is 2.29. The molecule has 6 heteroatoms. The summed E-state index contributed by atoms with van der Waals surface area (Å²) >= 11 is 0. The van der Waals surface area contributed by atoms with Crippen LogP contribution in [-0.4, -0.2) is 33.3 Å². The van der Waals surface area contributed by atoms with Crippen LogP contribution in [0.4, 0.5) is 0 Å². The van der Waals surface area contributed by atoms with Crippen LogP contribution in [-0.2, 0) is 24.2 Å². The minimum atomic E-state index is -3.55. The second-order valence-electron chi connectivity index (χ2n) is 2.70. The van der Waals surface area contributed by atoms with Crippen molar-refractivity contribution in [2.75, 3.05) is 13.4 Å². The van der Waals surface area contributed by atoms with E-state index in [-0.39, 0.29) is 4.91 Å². The van der Waals surface area contributed by atoms with E-state index in [4.69, 9.17) is 0 Å². The first-order chi connectivity index (χ1) is 6.38. The number of methoxy groups -OCH3 is 1. The van der Waals surface area contributed by atoms with Crippen molar-refractivity contribution in [3.05, 3.63) is 22.8 Å². The maximum absolute atomic E-state index is 11.2. The van der Waals surface area contributed by atoms with Crippen molar-refractivity contribution in [3.63, 3.8) is 0 Å². The standard InChI is InChI=1S/C8H8O5S/c1-13-8-6(14(2,11)12)4-3-5(9)7(8)10/h3-4H,1-2H3. The van der Waals surface area contributed by atoms with Gasteiger partial charge >= 0.3 is 0 Å². The highest BCUT2D eigenvalue weighted by atomic mass is 32.2. The van der Waals surface area contributed by atoms with E-state index in [1.807, 2.05) is 0 Å². The summed E-state index contributed by atoms with van der Waals surface area (Å²) in [5.74, 6) is -2.13. The summed E-state index contributed by atoms with van der Waals surface area (Å²) in [5.41, 5.74) is 0. The van der Waals surface area contributed by atoms with Crippen molar-refractivity contribution in [2.24, 2.45) is 0 Å². The molecule has 1 aliphatic rings. The molecule has 1 aliphatic carbocycles. The molecule has 1 rings (SSSR count). The average Bonchev–Trinajstić information content (AvgIpc) is 2.07. The molecule has 0 amide bonds. The van der Waals surface area contributed by atoms with Crippen LogP contribution in [0.15, 0.2) is 22.8 Å². The summed E-state index contributed by atoms with van der Waals surface area (Å²) < 4.78 is 26.9. The quantitative estimate of drug-likeness (QED) is 0.463. The van der Waals surface area contributed by atoms with E-state index in [2.05, 4.69) is 4.74 Å². The van der Waals surface area contributed by atoms with Crippen LogP contribution in [0.25, 0.3) is 0 Å². The third-order valence-electron chi connectivity index (χ3n) is 1.64. The Hall–Kier alpha value is -1.43. The Morgan fingerprint density at radius 2 is 1.79 bits per heavy atom. The second kappa shape index (κ2) is 3.38. The molecule has 0 spiro atoms. The van der Waals surface area contributed by atoms with E-state index in [9.17, 15) is 18.0 Å². The summed E-state index contributed by atoms with van der Waals surface area (Å²) in [5, 5.41) is 0. The van der Waals surface area contributed by atoms with Crippen LogP contribution in [0.1, 0.15) is 0 Å². The Kier molecular flexibility index (Phi) is 2.57. The molecule has 0 atom stereocenters. The molecule has 76 valence electrons. The summed E-state index contributed by atoms with van der Waals surface area (Å²) in [6.45, 7) is 0. The maximum atomic E-state index is 11.2. The predicted molar refractivity (Wildman–Crippen MR) is 48.0 cm³/mol. The number of carbonyl (C=O) groups is 2. The number of hydrogen-bond acceptors (Lipinski definition) is 5. The molecule has 0 bridgehead atoms. The van der Waals surface area contributed by atoms with Gasteiger partial charge in [-0.3, -0.25) is 9.59 Å². The smallest absolute Gasteiger partial charge is 0.268 e. The Balaban J connectivity index is 3.41. The van der Waals surface area contributed by atoms with Crippen LogP contribution in [0, 0.1) is 0 Å². The third-order valence-corrected chi connectivity index (χ3v) is 2.76. The van der Waals surface area contributed by atoms with Gasteiger partial charge in [-0.05, 0) is 12.2 Å². The molecular weight excluding hydrogens is 208 g/mol. The van der Waals surface area contributed by atoms with Crippen molar-refractivity contribution >= 4 is 21.4 Å². The van der Waals surface area contributed by atoms with Crippen LogP contribution in [0.2, 0.25) is 0 Å². The Morgan fingerprint density at radius 3 is 2.21 bits per heavy atom. The first kappa shape index (κ1) is 10.6. The van der Waals surface area contributed by atoms with Gasteiger partial charge in [0, 0.05) is 6.26 Å². The molecule has 14 heavy (non-hydrogen) atoms. The van der Waals surface area contributed by atoms with E-state index in [1.54, 1.807) is 0 Å². The number of hydrogen-bond donors (Lipinski definition) is 0. The lowest BCUT2D eigenvalue weighted by molar-refractivity contribution is -0.133. The molecule has 0 aromatic heterocycles. The van der Waals surface area contributed by atoms with Crippen molar-refractivity contribution in [2.45, 2.75) is 0 Å². The van der Waals surface area contributed by atoms with Gasteiger partial charge in [-0.25, -0.2) is 8.42 Å². The minimum Gasteiger partial charge on any atom is -0.491 e. The molecule has 5 nitrogen and oxygen atoms in total. The fourth-order valence-corrected chi connectivity index (χ4v) is 1.84. The molecule has 0 fully saturated rings. The normalized spacial score (nSPS) is 17.6. The Morgan fingerprint density at radius 1 is 1.21 bits per heavy atom. The molecular formula is C8H8O5S. The van der Waals surface area contributed by atoms with Crippen LogP contribution in [0.3, 0.4) is 0 Å². The molecule has 0 unspecified atom stereocenters. The topological polar surface area (TPSA) is 77.5 Å². The number of Topliss-reactive ketones (excluding diaryl/α,β-unsaturated/α-hetero) is 1. The number of ketones is 2. The Bertz CT molecular complexity index is 452. The number of ether oxygens (including phenoxy) is 1. The van der Waals surface area contributed by atoms with Crippen molar-refractivity contribution < 1.29 is 22.7 Å². The third kappa shape index (κ3) is 1.74. The van der Waals surface area contributed by atoms with Gasteiger partial charge in [0.15, 0.2) is 15.6 Å². The zero-order valence-corrected chi connectivity index (χ0v) is 8.42. The van der Waals surface area contributed by atoms with Gasteiger partial charge in [0.1, 0.15) is 4.91 Å². The summed E-state index contributed by atoms with van der Waals surface area (Å²) in [4.78, 5) is 21.8. The van der Waals surface area contributed by atoms with E-state index in [0.717, 1.165) is 25.5 Å². The first-order valence-corrected chi connectivity index (χ1v) is 5.52. The van der Waals surface area contributed by atoms with Gasteiger partial charge < -0.3 is 4.74 Å². The SMILES string of the molecule is COC1=C(S(C)(=O)=O)C=CC(=O)C1=O. The van der Waals surface area contributed by atoms with Crippen molar-refractivity contribution in [1.29, 1.82) is 0 Å². The summed E-state index contributed by atoms with van der Waals surface area (Å²) in [6, 6.07) is 0. The van der Waals surface area contributed by atoms with Crippen LogP contribution in [0.5, 0.6) is 0 Å². The minimum absolute atomic E-state index is 0.260. The predicted octanol–water partition coefficient (Wildman–Crippen LogP) is -0.403. The van der Waals surface area contributed by atoms with Gasteiger partial charge in [-0.1, -0.05) is 0 Å². The fourth-order valence-electron chi connectivity index (χ4n) is 1.01. The molecule has 0 heterocycles. The lowest BCUT2D eigenvalue weighted by Gasteiger charge is -2.10. The molecule has 0 N–H and O–H groups in total. The average molecular weight is 216 g/mol. The fraction of sp³-hybridized carbons (Fsp3) is 0.250. The highest BCUT2D eigenvalue weighted by Crippen LogP contribution is 2.19. The molecule has 0 saturated heterocycles. The van der Waals surface area contributed by atoms with Gasteiger partial charge in [0.2, 0.25) is 5.78 Å². The lowest BCUT2D eigenvalue weighted by atomic mass is 10.1. The molecule has 0 aromatic carbocycles. The van der Waals surface area contributed by atoms with E-state index in [1.165, 1.54) is 0 Å². The highest BCUT2D eigenvalue weighted by molar-refractivity contribution is 7.94. The van der Waals surface area contributed by atoms with Gasteiger partial charge in [0.05, 0.1) is 7.11 Å². The molecule has 0 saturated carbocycles. The first-order valence-electron chi connectivity index (χ1n) is 3.63. The van der Waals surface area contributed by atoms with Crippen LogP contribution < -0.4 is 0 Å². The van der Waals surface area contributed by atoms with Crippen molar-refractivity contribution in [1.82, 2.24) is 0 Å². The lowest BCUT2D eigenvalue weighted by Crippen LogP contribution is -2.22. The second-order valence-corrected chi connectivity index (χ2v) is 4.68. The van der Waals surface area contributed by atoms with E-state index in [0.29, 0.717) is 0 Å². The zero-order valence-electron chi connectivity index (χ0n) is 7.60. The van der Waals surface area contributed by atoms with Gasteiger partial charge in [-0.2, -0.15) is 0 Å². The molecule has 0 aromatic rings. The van der Waals surface area contributed by atoms with Crippen molar-refractivity contribution in [3.8, 4) is 0 Å². The largest absolute Gasteiger partial charge is 0.491 e. The van der Waals surface area contributed by atoms with E-state index < -0.39 is 27.2 Å². The maximum Gasteiger partial charge on any atom is 0.268 e. The molecule has 0 aliphatic heterocycles. The number of allylic oxidation sites excluding steroid dienone is 3. The monoisotopic (exact) mass is 216 g/mol. The molecule has 0 radical (unpaired) electrons. The summed E-state index contributed by atoms with van der Waals surface area (Å²) in [6.07, 6.45) is 2.92. The van der Waals surface area contributed by atoms with Crippen LogP contribution >= 0.6 is 0 Å². The van der Waals surface area contributed by atoms with E-state index >= 15 is 0 Å². The van der Waals surface area contributed by atoms with Gasteiger partial charge in [-0.15, -0.1) is 0 Å². The number of sulfone groups is 1. The van der Waals surface area contributed by atoms with Gasteiger partial charge in [0.25, 0.3) is 5.78 Å².